The van der Waals surface area contributed by atoms with Crippen molar-refractivity contribution in [2.45, 2.75) is 12.5 Å². The molecule has 1 atom stereocenters. The SMILES string of the molecule is COc1ccccc1NC(CO)c1cccc(C(F)F)c1. The Morgan fingerprint density at radius 3 is 2.48 bits per heavy atom. The van der Waals surface area contributed by atoms with Crippen molar-refractivity contribution in [3.63, 3.8) is 0 Å². The first-order chi connectivity index (χ1) is 10.2. The molecule has 2 N–H and O–H groups in total. The highest BCUT2D eigenvalue weighted by molar-refractivity contribution is 5.57. The second-order valence-electron chi connectivity index (χ2n) is 4.55. The van der Waals surface area contributed by atoms with E-state index >= 15 is 0 Å². The molecule has 2 rings (SSSR count). The van der Waals surface area contributed by atoms with Crippen molar-refractivity contribution in [1.82, 2.24) is 0 Å². The number of alkyl halides is 2. The highest BCUT2D eigenvalue weighted by atomic mass is 19.3. The molecule has 2 aromatic rings. The fraction of sp³-hybridized carbons (Fsp3) is 0.250. The second kappa shape index (κ2) is 7.04. The minimum atomic E-state index is -2.53. The van der Waals surface area contributed by atoms with Crippen molar-refractivity contribution in [2.75, 3.05) is 19.0 Å². The van der Waals surface area contributed by atoms with Gasteiger partial charge >= 0.3 is 0 Å². The van der Waals surface area contributed by atoms with Gasteiger partial charge in [0.25, 0.3) is 6.43 Å². The average Bonchev–Trinajstić information content (AvgIpc) is 2.53. The maximum atomic E-state index is 12.8. The molecule has 0 bridgehead atoms. The van der Waals surface area contributed by atoms with Gasteiger partial charge in [-0.2, -0.15) is 0 Å². The summed E-state index contributed by atoms with van der Waals surface area (Å²) in [4.78, 5) is 0. The topological polar surface area (TPSA) is 41.5 Å². The van der Waals surface area contributed by atoms with Gasteiger partial charge in [0.05, 0.1) is 25.4 Å². The fourth-order valence-corrected chi connectivity index (χ4v) is 2.10. The maximum absolute atomic E-state index is 12.8. The van der Waals surface area contributed by atoms with Crippen molar-refractivity contribution < 1.29 is 18.6 Å². The number of anilines is 1. The van der Waals surface area contributed by atoms with E-state index in [1.165, 1.54) is 12.1 Å². The Labute approximate surface area is 122 Å². The van der Waals surface area contributed by atoms with E-state index < -0.39 is 12.5 Å². The number of aliphatic hydroxyl groups is 1. The van der Waals surface area contributed by atoms with E-state index in [9.17, 15) is 13.9 Å². The molecule has 0 spiro atoms. The van der Waals surface area contributed by atoms with Crippen LogP contribution in [0.5, 0.6) is 5.75 Å². The van der Waals surface area contributed by atoms with Crippen LogP contribution in [-0.4, -0.2) is 18.8 Å². The lowest BCUT2D eigenvalue weighted by atomic mass is 10.0. The molecular formula is C16H17F2NO2. The number of methoxy groups -OCH3 is 1. The molecule has 0 aliphatic carbocycles. The van der Waals surface area contributed by atoms with E-state index in [2.05, 4.69) is 5.32 Å². The van der Waals surface area contributed by atoms with Gasteiger partial charge in [0.2, 0.25) is 0 Å². The largest absolute Gasteiger partial charge is 0.495 e. The van der Waals surface area contributed by atoms with Gasteiger partial charge < -0.3 is 15.2 Å². The minimum Gasteiger partial charge on any atom is -0.495 e. The zero-order valence-electron chi connectivity index (χ0n) is 11.6. The number of aliphatic hydroxyl groups excluding tert-OH is 1. The molecule has 1 unspecified atom stereocenters. The number of nitrogens with one attached hydrogen (secondary N) is 1. The lowest BCUT2D eigenvalue weighted by molar-refractivity contribution is 0.151. The van der Waals surface area contributed by atoms with E-state index in [-0.39, 0.29) is 12.2 Å². The number of ether oxygens (including phenoxy) is 1. The normalized spacial score (nSPS) is 12.2. The molecular weight excluding hydrogens is 276 g/mol. The number of para-hydroxylation sites is 2. The van der Waals surface area contributed by atoms with Crippen LogP contribution in [0, 0.1) is 0 Å². The summed E-state index contributed by atoms with van der Waals surface area (Å²) in [6.45, 7) is -0.218. The van der Waals surface area contributed by atoms with Crippen LogP contribution in [0.4, 0.5) is 14.5 Å². The van der Waals surface area contributed by atoms with Crippen LogP contribution < -0.4 is 10.1 Å². The van der Waals surface area contributed by atoms with Crippen molar-refractivity contribution in [3.8, 4) is 5.75 Å². The predicted octanol–water partition coefficient (Wildman–Crippen LogP) is 3.78. The Morgan fingerprint density at radius 2 is 1.81 bits per heavy atom. The highest BCUT2D eigenvalue weighted by Gasteiger charge is 2.15. The Hall–Kier alpha value is -2.14. The molecule has 0 saturated carbocycles. The van der Waals surface area contributed by atoms with E-state index in [0.717, 1.165) is 0 Å². The van der Waals surface area contributed by atoms with Crippen LogP contribution in [0.3, 0.4) is 0 Å². The molecule has 0 saturated heterocycles. The molecule has 0 amide bonds. The van der Waals surface area contributed by atoms with Gasteiger partial charge in [-0.3, -0.25) is 0 Å². The van der Waals surface area contributed by atoms with Crippen molar-refractivity contribution in [3.05, 3.63) is 59.7 Å². The van der Waals surface area contributed by atoms with Gasteiger partial charge in [0, 0.05) is 5.56 Å². The summed E-state index contributed by atoms with van der Waals surface area (Å²) >= 11 is 0. The molecule has 0 heterocycles. The maximum Gasteiger partial charge on any atom is 0.263 e. The monoisotopic (exact) mass is 293 g/mol. The summed E-state index contributed by atoms with van der Waals surface area (Å²) < 4.78 is 30.7. The number of hydrogen-bond acceptors (Lipinski definition) is 3. The summed E-state index contributed by atoms with van der Waals surface area (Å²) in [5, 5.41) is 12.7. The third kappa shape index (κ3) is 3.70. The fourth-order valence-electron chi connectivity index (χ4n) is 2.10. The third-order valence-electron chi connectivity index (χ3n) is 3.18. The molecule has 0 aliphatic heterocycles. The van der Waals surface area contributed by atoms with Crippen LogP contribution in [0.25, 0.3) is 0 Å². The number of hydrogen-bond donors (Lipinski definition) is 2. The van der Waals surface area contributed by atoms with E-state index in [4.69, 9.17) is 4.74 Å². The standard InChI is InChI=1S/C16H17F2NO2/c1-21-15-8-3-2-7-13(15)19-14(10-20)11-5-4-6-12(9-11)16(17)18/h2-9,14,16,19-20H,10H2,1H3. The summed E-state index contributed by atoms with van der Waals surface area (Å²) in [5.74, 6) is 0.626. The first kappa shape index (κ1) is 15.3. The zero-order chi connectivity index (χ0) is 15.2. The first-order valence-corrected chi connectivity index (χ1v) is 6.54. The Morgan fingerprint density at radius 1 is 1.10 bits per heavy atom. The van der Waals surface area contributed by atoms with Crippen molar-refractivity contribution in [1.29, 1.82) is 0 Å². The predicted molar refractivity (Wildman–Crippen MR) is 77.8 cm³/mol. The summed E-state index contributed by atoms with van der Waals surface area (Å²) in [6, 6.07) is 12.8. The molecule has 21 heavy (non-hydrogen) atoms. The number of halogens is 2. The molecule has 2 aromatic carbocycles. The van der Waals surface area contributed by atoms with Gasteiger partial charge in [-0.05, 0) is 23.8 Å². The van der Waals surface area contributed by atoms with E-state index in [1.807, 2.05) is 12.1 Å². The van der Waals surface area contributed by atoms with Gasteiger partial charge in [0.1, 0.15) is 5.75 Å². The Balaban J connectivity index is 2.25. The van der Waals surface area contributed by atoms with Crippen LogP contribution in [0.2, 0.25) is 0 Å². The number of rotatable bonds is 6. The summed E-state index contributed by atoms with van der Waals surface area (Å²) in [6.07, 6.45) is -2.53. The lowest BCUT2D eigenvalue weighted by Gasteiger charge is -2.20. The minimum absolute atomic E-state index is 0.0622. The molecule has 0 aliphatic rings. The molecule has 0 radical (unpaired) electrons. The van der Waals surface area contributed by atoms with Gasteiger partial charge in [-0.25, -0.2) is 8.78 Å². The first-order valence-electron chi connectivity index (χ1n) is 6.54. The smallest absolute Gasteiger partial charge is 0.263 e. The van der Waals surface area contributed by atoms with Gasteiger partial charge in [-0.15, -0.1) is 0 Å². The Kier molecular flexibility index (Phi) is 5.11. The summed E-state index contributed by atoms with van der Waals surface area (Å²) in [7, 11) is 1.55. The summed E-state index contributed by atoms with van der Waals surface area (Å²) in [5.41, 5.74) is 1.23. The molecule has 3 nitrogen and oxygen atoms in total. The third-order valence-corrected chi connectivity index (χ3v) is 3.18. The lowest BCUT2D eigenvalue weighted by Crippen LogP contribution is -2.15. The highest BCUT2D eigenvalue weighted by Crippen LogP contribution is 2.29. The van der Waals surface area contributed by atoms with Crippen molar-refractivity contribution >= 4 is 5.69 Å². The zero-order valence-corrected chi connectivity index (χ0v) is 11.6. The quantitative estimate of drug-likeness (QED) is 0.851. The van der Waals surface area contributed by atoms with Crippen LogP contribution >= 0.6 is 0 Å². The number of benzene rings is 2. The van der Waals surface area contributed by atoms with Crippen LogP contribution in [0.1, 0.15) is 23.6 Å². The van der Waals surface area contributed by atoms with Gasteiger partial charge in [0.15, 0.2) is 0 Å². The van der Waals surface area contributed by atoms with Crippen molar-refractivity contribution in [2.24, 2.45) is 0 Å². The molecule has 0 aromatic heterocycles. The second-order valence-corrected chi connectivity index (χ2v) is 4.55. The van der Waals surface area contributed by atoms with Gasteiger partial charge in [-0.1, -0.05) is 30.3 Å². The van der Waals surface area contributed by atoms with E-state index in [0.29, 0.717) is 17.0 Å². The Bertz CT molecular complexity index is 590. The molecule has 5 heteroatoms. The average molecular weight is 293 g/mol. The molecule has 112 valence electrons. The van der Waals surface area contributed by atoms with Crippen LogP contribution in [0.15, 0.2) is 48.5 Å². The van der Waals surface area contributed by atoms with E-state index in [1.54, 1.807) is 31.4 Å². The van der Waals surface area contributed by atoms with Crippen LogP contribution in [-0.2, 0) is 0 Å². The molecule has 0 fully saturated rings.